The number of thiazole rings is 1. The minimum atomic E-state index is -3.63. The molecular formula is C28H35N7O4S2. The standard InChI is InChI=1S/C28H35N7O4S2/c1-21-5-7-23(8-6-21)41(38,39)31-13-12-30-26(36)24-20-40-27(32-24)22-9-14-34(15-10-22)28(37)35-18-16-33(17-19-35)25-4-2-3-11-29-25/h2-8,11,20,22,31H,9-10,12-19H2,1H3,(H,30,36). The zero-order valence-electron chi connectivity index (χ0n) is 23.0. The summed E-state index contributed by atoms with van der Waals surface area (Å²) in [6.07, 6.45) is 3.39. The van der Waals surface area contributed by atoms with Crippen LogP contribution in [0, 0.1) is 6.92 Å². The summed E-state index contributed by atoms with van der Waals surface area (Å²) in [6.45, 7) is 6.31. The molecular weight excluding hydrogens is 562 g/mol. The number of nitrogens with one attached hydrogen (secondary N) is 2. The largest absolute Gasteiger partial charge is 0.353 e. The number of piperazine rings is 1. The highest BCUT2D eigenvalue weighted by Gasteiger charge is 2.30. The Hall–Kier alpha value is -3.55. The first-order valence-electron chi connectivity index (χ1n) is 13.8. The van der Waals surface area contributed by atoms with E-state index in [1.54, 1.807) is 35.8 Å². The highest BCUT2D eigenvalue weighted by molar-refractivity contribution is 7.89. The lowest BCUT2D eigenvalue weighted by atomic mass is 9.98. The van der Waals surface area contributed by atoms with Crippen LogP contribution in [0.2, 0.25) is 0 Å². The number of urea groups is 1. The minimum absolute atomic E-state index is 0.0730. The zero-order chi connectivity index (χ0) is 28.8. The Morgan fingerprint density at radius 1 is 0.951 bits per heavy atom. The zero-order valence-corrected chi connectivity index (χ0v) is 24.7. The highest BCUT2D eigenvalue weighted by Crippen LogP contribution is 2.31. The fourth-order valence-electron chi connectivity index (χ4n) is 5.02. The van der Waals surface area contributed by atoms with Crippen LogP contribution in [-0.2, 0) is 10.0 Å². The molecule has 41 heavy (non-hydrogen) atoms. The first-order valence-corrected chi connectivity index (χ1v) is 16.2. The number of benzene rings is 1. The minimum Gasteiger partial charge on any atom is -0.353 e. The summed E-state index contributed by atoms with van der Waals surface area (Å²) >= 11 is 1.45. The van der Waals surface area contributed by atoms with Crippen molar-refractivity contribution in [2.24, 2.45) is 0 Å². The van der Waals surface area contributed by atoms with Gasteiger partial charge < -0.3 is 20.0 Å². The van der Waals surface area contributed by atoms with Crippen molar-refractivity contribution in [3.05, 3.63) is 70.3 Å². The van der Waals surface area contributed by atoms with Gasteiger partial charge in [-0.1, -0.05) is 23.8 Å². The van der Waals surface area contributed by atoms with Gasteiger partial charge in [-0.05, 0) is 44.0 Å². The normalized spacial score (nSPS) is 16.6. The Bertz CT molecular complexity index is 1430. The van der Waals surface area contributed by atoms with Gasteiger partial charge in [0, 0.05) is 69.9 Å². The van der Waals surface area contributed by atoms with Gasteiger partial charge in [0.1, 0.15) is 11.5 Å². The fourth-order valence-corrected chi connectivity index (χ4v) is 7.02. The van der Waals surface area contributed by atoms with E-state index in [0.717, 1.165) is 42.3 Å². The van der Waals surface area contributed by atoms with Gasteiger partial charge >= 0.3 is 6.03 Å². The molecule has 0 unspecified atom stereocenters. The van der Waals surface area contributed by atoms with Gasteiger partial charge in [-0.15, -0.1) is 11.3 Å². The molecule has 0 bridgehead atoms. The fraction of sp³-hybridized carbons (Fsp3) is 0.429. The number of nitrogens with zero attached hydrogens (tertiary/aromatic N) is 5. The lowest BCUT2D eigenvalue weighted by Gasteiger charge is -2.39. The molecule has 13 heteroatoms. The molecule has 0 aliphatic carbocycles. The van der Waals surface area contributed by atoms with Crippen LogP contribution in [0.4, 0.5) is 10.6 Å². The van der Waals surface area contributed by atoms with Crippen molar-refractivity contribution in [2.45, 2.75) is 30.6 Å². The Labute approximate surface area is 244 Å². The van der Waals surface area contributed by atoms with Crippen LogP contribution < -0.4 is 14.9 Å². The van der Waals surface area contributed by atoms with Gasteiger partial charge in [0.2, 0.25) is 10.0 Å². The molecule has 2 saturated heterocycles. The molecule has 2 aromatic heterocycles. The number of likely N-dealkylation sites (tertiary alicyclic amines) is 1. The van der Waals surface area contributed by atoms with Crippen molar-refractivity contribution in [1.29, 1.82) is 0 Å². The number of sulfonamides is 1. The van der Waals surface area contributed by atoms with E-state index in [9.17, 15) is 18.0 Å². The molecule has 5 rings (SSSR count). The van der Waals surface area contributed by atoms with Gasteiger partial charge in [0.25, 0.3) is 5.91 Å². The number of aromatic nitrogens is 2. The smallest absolute Gasteiger partial charge is 0.320 e. The summed E-state index contributed by atoms with van der Waals surface area (Å²) in [7, 11) is -3.63. The molecule has 0 radical (unpaired) electrons. The van der Waals surface area contributed by atoms with Crippen molar-refractivity contribution < 1.29 is 18.0 Å². The number of carbonyl (C=O) groups excluding carboxylic acids is 2. The molecule has 1 aromatic carbocycles. The van der Waals surface area contributed by atoms with Crippen molar-refractivity contribution in [3.8, 4) is 0 Å². The maximum Gasteiger partial charge on any atom is 0.320 e. The van der Waals surface area contributed by atoms with E-state index < -0.39 is 10.0 Å². The number of aryl methyl sites for hydroxylation is 1. The van der Waals surface area contributed by atoms with Crippen LogP contribution in [-0.4, -0.2) is 92.5 Å². The van der Waals surface area contributed by atoms with Crippen LogP contribution in [0.25, 0.3) is 0 Å². The third-order valence-corrected chi connectivity index (χ3v) is 9.91. The SMILES string of the molecule is Cc1ccc(S(=O)(=O)NCCNC(=O)c2csc(C3CCN(C(=O)N4CCN(c5ccccn5)CC4)CC3)n2)cc1. The maximum atomic E-state index is 13.1. The summed E-state index contributed by atoms with van der Waals surface area (Å²) in [5.41, 5.74) is 1.31. The van der Waals surface area contributed by atoms with Crippen LogP contribution in [0.3, 0.4) is 0 Å². The molecule has 0 spiro atoms. The van der Waals surface area contributed by atoms with Crippen molar-refractivity contribution in [2.75, 3.05) is 57.3 Å². The number of piperidine rings is 1. The average molecular weight is 598 g/mol. The van der Waals surface area contributed by atoms with E-state index >= 15 is 0 Å². The number of carbonyl (C=O) groups is 2. The van der Waals surface area contributed by atoms with Crippen molar-refractivity contribution >= 4 is 39.1 Å². The predicted octanol–water partition coefficient (Wildman–Crippen LogP) is 2.68. The predicted molar refractivity (Wildman–Crippen MR) is 158 cm³/mol. The third-order valence-electron chi connectivity index (χ3n) is 7.43. The van der Waals surface area contributed by atoms with E-state index in [0.29, 0.717) is 31.9 Å². The molecule has 3 aromatic rings. The summed E-state index contributed by atoms with van der Waals surface area (Å²) in [6, 6.07) is 12.5. The molecule has 2 fully saturated rings. The van der Waals surface area contributed by atoms with Crippen LogP contribution in [0.1, 0.15) is 39.8 Å². The van der Waals surface area contributed by atoms with E-state index in [-0.39, 0.29) is 35.8 Å². The summed E-state index contributed by atoms with van der Waals surface area (Å²) < 4.78 is 27.3. The topological polar surface area (TPSA) is 128 Å². The molecule has 0 saturated carbocycles. The van der Waals surface area contributed by atoms with E-state index in [4.69, 9.17) is 0 Å². The molecule has 11 nitrogen and oxygen atoms in total. The molecule has 2 N–H and O–H groups in total. The van der Waals surface area contributed by atoms with Gasteiger partial charge in [-0.3, -0.25) is 4.79 Å². The second kappa shape index (κ2) is 13.0. The Balaban J connectivity index is 1.04. The van der Waals surface area contributed by atoms with Crippen molar-refractivity contribution in [1.82, 2.24) is 29.8 Å². The lowest BCUT2D eigenvalue weighted by Crippen LogP contribution is -2.54. The maximum absolute atomic E-state index is 13.1. The molecule has 0 atom stereocenters. The Morgan fingerprint density at radius 3 is 2.34 bits per heavy atom. The molecule has 4 heterocycles. The highest BCUT2D eigenvalue weighted by atomic mass is 32.2. The van der Waals surface area contributed by atoms with Crippen molar-refractivity contribution in [3.63, 3.8) is 0 Å². The summed E-state index contributed by atoms with van der Waals surface area (Å²) in [5, 5.41) is 5.36. The summed E-state index contributed by atoms with van der Waals surface area (Å²) in [5.74, 6) is 0.812. The van der Waals surface area contributed by atoms with Crippen LogP contribution >= 0.6 is 11.3 Å². The number of anilines is 1. The van der Waals surface area contributed by atoms with E-state index in [1.165, 1.54) is 11.3 Å². The second-order valence-corrected chi connectivity index (χ2v) is 12.9. The molecule has 218 valence electrons. The summed E-state index contributed by atoms with van der Waals surface area (Å²) in [4.78, 5) is 40.9. The van der Waals surface area contributed by atoms with E-state index in [2.05, 4.69) is 24.9 Å². The lowest BCUT2D eigenvalue weighted by molar-refractivity contribution is 0.0949. The van der Waals surface area contributed by atoms with Gasteiger partial charge in [-0.25, -0.2) is 27.9 Å². The molecule has 2 aliphatic heterocycles. The number of hydrogen-bond acceptors (Lipinski definition) is 8. The quantitative estimate of drug-likeness (QED) is 0.382. The number of rotatable bonds is 8. The van der Waals surface area contributed by atoms with Gasteiger partial charge in [-0.2, -0.15) is 0 Å². The van der Waals surface area contributed by atoms with Crippen LogP contribution in [0.5, 0.6) is 0 Å². The first-order chi connectivity index (χ1) is 19.8. The van der Waals surface area contributed by atoms with Gasteiger partial charge in [0.15, 0.2) is 0 Å². The molecule has 2 aliphatic rings. The third kappa shape index (κ3) is 7.21. The second-order valence-electron chi connectivity index (χ2n) is 10.2. The van der Waals surface area contributed by atoms with E-state index in [1.807, 2.05) is 34.9 Å². The average Bonchev–Trinajstić information content (AvgIpc) is 3.50. The van der Waals surface area contributed by atoms with Crippen LogP contribution in [0.15, 0.2) is 58.9 Å². The number of amides is 3. The Kier molecular flexibility index (Phi) is 9.15. The monoisotopic (exact) mass is 597 g/mol. The Morgan fingerprint density at radius 2 is 1.66 bits per heavy atom. The number of hydrogen-bond donors (Lipinski definition) is 2. The first kappa shape index (κ1) is 29.0. The number of pyridine rings is 1. The molecule has 3 amide bonds. The van der Waals surface area contributed by atoms with Gasteiger partial charge in [0.05, 0.1) is 9.90 Å².